The fourth-order valence-corrected chi connectivity index (χ4v) is 2.97. The van der Waals surface area contributed by atoms with Gasteiger partial charge < -0.3 is 10.6 Å². The maximum atomic E-state index is 12.6. The molecule has 0 bridgehead atoms. The average Bonchev–Trinajstić information content (AvgIpc) is 3.16. The Morgan fingerprint density at radius 2 is 1.92 bits per heavy atom. The van der Waals surface area contributed by atoms with Crippen LogP contribution >= 0.6 is 11.3 Å². The number of hydrogen-bond donors (Lipinski definition) is 2. The molecule has 0 aliphatic rings. The van der Waals surface area contributed by atoms with Gasteiger partial charge in [-0.15, -0.1) is 11.3 Å². The Balaban J connectivity index is 1.53. The van der Waals surface area contributed by atoms with E-state index >= 15 is 0 Å². The highest BCUT2D eigenvalue weighted by Gasteiger charge is 2.29. The van der Waals surface area contributed by atoms with Gasteiger partial charge in [-0.25, -0.2) is 4.98 Å². The molecule has 0 saturated carbocycles. The van der Waals surface area contributed by atoms with Crippen LogP contribution in [0.15, 0.2) is 47.0 Å². The fraction of sp³-hybridized carbons (Fsp3) is 0.250. The second-order valence-electron chi connectivity index (χ2n) is 5.30. The van der Waals surface area contributed by atoms with Crippen molar-refractivity contribution in [2.24, 2.45) is 4.99 Å². The molecular formula is C16H16F3N5S. The molecule has 25 heavy (non-hydrogen) atoms. The molecule has 0 spiro atoms. The third kappa shape index (κ3) is 4.30. The number of aliphatic imine (C=N–C) groups is 1. The van der Waals surface area contributed by atoms with Gasteiger partial charge >= 0.3 is 6.18 Å². The molecule has 0 aliphatic carbocycles. The Bertz CT molecular complexity index is 835. The van der Waals surface area contributed by atoms with Gasteiger partial charge in [0.25, 0.3) is 0 Å². The number of guanidine groups is 1. The van der Waals surface area contributed by atoms with E-state index in [1.54, 1.807) is 18.4 Å². The lowest BCUT2D eigenvalue weighted by molar-refractivity contribution is -0.137. The summed E-state index contributed by atoms with van der Waals surface area (Å²) in [6.07, 6.45) is -0.446. The van der Waals surface area contributed by atoms with Crippen LogP contribution in [0.1, 0.15) is 16.8 Å². The molecule has 1 aromatic carbocycles. The van der Waals surface area contributed by atoms with Crippen molar-refractivity contribution in [3.05, 3.63) is 58.9 Å². The van der Waals surface area contributed by atoms with Crippen molar-refractivity contribution in [2.75, 3.05) is 7.05 Å². The van der Waals surface area contributed by atoms with E-state index in [4.69, 9.17) is 0 Å². The highest BCUT2D eigenvalue weighted by atomic mass is 32.1. The number of aromatic nitrogens is 2. The molecule has 2 N–H and O–H groups in total. The summed E-state index contributed by atoms with van der Waals surface area (Å²) in [4.78, 5) is 9.48. The van der Waals surface area contributed by atoms with Crippen LogP contribution in [0.3, 0.4) is 0 Å². The molecule has 0 saturated heterocycles. The van der Waals surface area contributed by atoms with Gasteiger partial charge in [0.2, 0.25) is 0 Å². The Hall–Kier alpha value is -2.55. The molecule has 5 nitrogen and oxygen atoms in total. The maximum absolute atomic E-state index is 12.6. The molecule has 0 unspecified atom stereocenters. The highest BCUT2D eigenvalue weighted by Crippen LogP contribution is 2.29. The van der Waals surface area contributed by atoms with Gasteiger partial charge in [0.1, 0.15) is 0 Å². The smallest absolute Gasteiger partial charge is 0.352 e. The third-order valence-electron chi connectivity index (χ3n) is 3.54. The number of thiazole rings is 1. The van der Waals surface area contributed by atoms with Crippen LogP contribution in [-0.2, 0) is 19.3 Å². The minimum absolute atomic E-state index is 0.371. The molecule has 0 fully saturated rings. The Kier molecular flexibility index (Phi) is 4.93. The summed E-state index contributed by atoms with van der Waals surface area (Å²) in [6, 6.07) is 5.05. The highest BCUT2D eigenvalue weighted by molar-refractivity contribution is 7.15. The van der Waals surface area contributed by atoms with Crippen molar-refractivity contribution in [1.82, 2.24) is 20.0 Å². The first kappa shape index (κ1) is 17.3. The molecule has 2 aromatic heterocycles. The summed E-state index contributed by atoms with van der Waals surface area (Å²) in [5.41, 5.74) is 0.960. The molecule has 0 amide bonds. The van der Waals surface area contributed by atoms with Crippen LogP contribution in [0.5, 0.6) is 0 Å². The average molecular weight is 367 g/mol. The monoisotopic (exact) mass is 367 g/mol. The van der Waals surface area contributed by atoms with Crippen molar-refractivity contribution in [2.45, 2.75) is 19.3 Å². The Morgan fingerprint density at radius 1 is 1.20 bits per heavy atom. The first-order chi connectivity index (χ1) is 12.0. The Labute approximate surface area is 146 Å². The topological polar surface area (TPSA) is 53.7 Å². The second-order valence-corrected chi connectivity index (χ2v) is 6.17. The molecule has 9 heteroatoms. The summed E-state index contributed by atoms with van der Waals surface area (Å²) >= 11 is 1.56. The molecule has 0 aliphatic heterocycles. The van der Waals surface area contributed by atoms with Crippen molar-refractivity contribution in [1.29, 1.82) is 0 Å². The number of nitrogens with one attached hydrogen (secondary N) is 2. The molecular weight excluding hydrogens is 351 g/mol. The lowest BCUT2D eigenvalue weighted by Gasteiger charge is -2.12. The standard InChI is InChI=1S/C16H16F3N5S/c1-20-14(22-9-13-10-24-6-7-25-15(24)23-13)21-8-11-2-4-12(5-3-11)16(17,18)19/h2-7,10H,8-9H2,1H3,(H2,20,21,22). The van der Waals surface area contributed by atoms with E-state index < -0.39 is 11.7 Å². The summed E-state index contributed by atoms with van der Waals surface area (Å²) in [6.45, 7) is 0.872. The number of imidazole rings is 1. The van der Waals surface area contributed by atoms with E-state index in [2.05, 4.69) is 20.6 Å². The van der Waals surface area contributed by atoms with Gasteiger partial charge in [-0.05, 0) is 17.7 Å². The normalized spacial score (nSPS) is 12.6. The lowest BCUT2D eigenvalue weighted by Crippen LogP contribution is -2.36. The fourth-order valence-electron chi connectivity index (χ4n) is 2.25. The van der Waals surface area contributed by atoms with E-state index in [1.165, 1.54) is 12.1 Å². The largest absolute Gasteiger partial charge is 0.416 e. The van der Waals surface area contributed by atoms with Crippen LogP contribution in [-0.4, -0.2) is 22.4 Å². The third-order valence-corrected chi connectivity index (χ3v) is 4.32. The molecule has 2 heterocycles. The van der Waals surface area contributed by atoms with Crippen molar-refractivity contribution < 1.29 is 13.2 Å². The summed E-state index contributed by atoms with van der Waals surface area (Å²) in [7, 11) is 1.63. The minimum atomic E-state index is -4.32. The predicted octanol–water partition coefficient (Wildman–Crippen LogP) is 3.28. The number of halogens is 3. The van der Waals surface area contributed by atoms with Crippen LogP contribution in [0.2, 0.25) is 0 Å². The summed E-state index contributed by atoms with van der Waals surface area (Å²) in [5, 5.41) is 8.16. The second kappa shape index (κ2) is 7.14. The van der Waals surface area contributed by atoms with E-state index in [0.29, 0.717) is 19.0 Å². The SMILES string of the molecule is CN=C(NCc1ccc(C(F)(F)F)cc1)NCc1cn2ccsc2n1. The van der Waals surface area contributed by atoms with E-state index in [9.17, 15) is 13.2 Å². The number of fused-ring (bicyclic) bond motifs is 1. The number of nitrogens with zero attached hydrogens (tertiary/aromatic N) is 3. The zero-order valence-electron chi connectivity index (χ0n) is 13.3. The number of rotatable bonds is 4. The molecule has 132 valence electrons. The summed E-state index contributed by atoms with van der Waals surface area (Å²) < 4.78 is 39.6. The number of hydrogen-bond acceptors (Lipinski definition) is 3. The van der Waals surface area contributed by atoms with Gasteiger partial charge in [-0.2, -0.15) is 13.2 Å². The van der Waals surface area contributed by atoms with Gasteiger partial charge in [0.15, 0.2) is 10.9 Å². The minimum Gasteiger partial charge on any atom is -0.352 e. The van der Waals surface area contributed by atoms with Crippen molar-refractivity contribution in [3.63, 3.8) is 0 Å². The van der Waals surface area contributed by atoms with Gasteiger partial charge in [0, 0.05) is 31.4 Å². The van der Waals surface area contributed by atoms with Crippen LogP contribution < -0.4 is 10.6 Å². The van der Waals surface area contributed by atoms with Crippen LogP contribution in [0, 0.1) is 0 Å². The first-order valence-corrected chi connectivity index (χ1v) is 8.35. The zero-order chi connectivity index (χ0) is 17.9. The number of alkyl halides is 3. The summed E-state index contributed by atoms with van der Waals surface area (Å²) in [5.74, 6) is 0.552. The van der Waals surface area contributed by atoms with Crippen LogP contribution in [0.4, 0.5) is 13.2 Å². The first-order valence-electron chi connectivity index (χ1n) is 7.47. The van der Waals surface area contributed by atoms with Gasteiger partial charge in [-0.3, -0.25) is 9.39 Å². The quantitative estimate of drug-likeness (QED) is 0.550. The Morgan fingerprint density at radius 3 is 2.56 bits per heavy atom. The molecule has 0 atom stereocenters. The van der Waals surface area contributed by atoms with Gasteiger partial charge in [-0.1, -0.05) is 12.1 Å². The van der Waals surface area contributed by atoms with Gasteiger partial charge in [0.05, 0.1) is 17.8 Å². The maximum Gasteiger partial charge on any atom is 0.416 e. The lowest BCUT2D eigenvalue weighted by atomic mass is 10.1. The van der Waals surface area contributed by atoms with Crippen molar-refractivity contribution in [3.8, 4) is 0 Å². The molecule has 0 radical (unpaired) electrons. The predicted molar refractivity (Wildman–Crippen MR) is 91.6 cm³/mol. The van der Waals surface area contributed by atoms with Crippen molar-refractivity contribution >= 4 is 22.3 Å². The van der Waals surface area contributed by atoms with E-state index in [1.807, 2.05) is 22.2 Å². The van der Waals surface area contributed by atoms with E-state index in [0.717, 1.165) is 28.4 Å². The molecule has 3 aromatic rings. The number of benzene rings is 1. The van der Waals surface area contributed by atoms with E-state index in [-0.39, 0.29) is 0 Å². The van der Waals surface area contributed by atoms with Crippen LogP contribution in [0.25, 0.3) is 4.96 Å². The molecule has 3 rings (SSSR count). The zero-order valence-corrected chi connectivity index (χ0v) is 14.2.